The van der Waals surface area contributed by atoms with E-state index in [4.69, 9.17) is 4.84 Å². The van der Waals surface area contributed by atoms with Crippen LogP contribution in [0.2, 0.25) is 0 Å². The van der Waals surface area contributed by atoms with Crippen LogP contribution in [-0.4, -0.2) is 36.7 Å². The SMILES string of the molecule is CCOC(=O)C(C(=O)NOC(C)(C)C)C(=O)OCC. The van der Waals surface area contributed by atoms with Crippen LogP contribution in [0.3, 0.4) is 0 Å². The molecule has 0 saturated heterocycles. The highest BCUT2D eigenvalue weighted by Crippen LogP contribution is 2.08. The van der Waals surface area contributed by atoms with Crippen molar-refractivity contribution in [3.63, 3.8) is 0 Å². The molecule has 0 rings (SSSR count). The molecule has 0 atom stereocenters. The Kier molecular flexibility index (Phi) is 7.06. The number of rotatable bonds is 6. The minimum Gasteiger partial charge on any atom is -0.465 e. The first-order chi connectivity index (χ1) is 8.72. The van der Waals surface area contributed by atoms with Crippen molar-refractivity contribution in [2.45, 2.75) is 40.2 Å². The Morgan fingerprint density at radius 2 is 1.42 bits per heavy atom. The fraction of sp³-hybridized carbons (Fsp3) is 0.750. The third kappa shape index (κ3) is 6.76. The molecular weight excluding hydrogens is 254 g/mol. The Bertz CT molecular complexity index is 316. The zero-order chi connectivity index (χ0) is 15.1. The summed E-state index contributed by atoms with van der Waals surface area (Å²) in [6.07, 6.45) is 0. The maximum atomic E-state index is 11.8. The second kappa shape index (κ2) is 7.73. The van der Waals surface area contributed by atoms with Crippen LogP contribution < -0.4 is 5.48 Å². The Balaban J connectivity index is 4.77. The number of hydroxylamine groups is 1. The molecule has 1 N–H and O–H groups in total. The van der Waals surface area contributed by atoms with Gasteiger partial charge in [-0.25, -0.2) is 5.48 Å². The van der Waals surface area contributed by atoms with E-state index in [0.717, 1.165) is 0 Å². The molecule has 0 aliphatic heterocycles. The normalized spacial score (nSPS) is 11.1. The van der Waals surface area contributed by atoms with Crippen LogP contribution >= 0.6 is 0 Å². The Hall–Kier alpha value is -1.63. The zero-order valence-corrected chi connectivity index (χ0v) is 11.9. The van der Waals surface area contributed by atoms with Gasteiger partial charge in [-0.15, -0.1) is 0 Å². The molecular formula is C12H21NO6. The van der Waals surface area contributed by atoms with Gasteiger partial charge in [-0.1, -0.05) is 0 Å². The minimum atomic E-state index is -1.68. The summed E-state index contributed by atoms with van der Waals surface area (Å²) in [5.74, 6) is -4.51. The van der Waals surface area contributed by atoms with Crippen molar-refractivity contribution in [3.8, 4) is 0 Å². The van der Waals surface area contributed by atoms with Gasteiger partial charge in [-0.05, 0) is 34.6 Å². The molecule has 7 nitrogen and oxygen atoms in total. The molecule has 0 radical (unpaired) electrons. The zero-order valence-electron chi connectivity index (χ0n) is 11.9. The number of carbonyl (C=O) groups is 3. The number of amides is 1. The average Bonchev–Trinajstić information content (AvgIpc) is 2.26. The van der Waals surface area contributed by atoms with Crippen molar-refractivity contribution in [2.75, 3.05) is 13.2 Å². The van der Waals surface area contributed by atoms with E-state index in [-0.39, 0.29) is 13.2 Å². The molecule has 1 amide bonds. The van der Waals surface area contributed by atoms with Gasteiger partial charge in [0.05, 0.1) is 18.8 Å². The van der Waals surface area contributed by atoms with Gasteiger partial charge in [0.15, 0.2) is 0 Å². The first kappa shape index (κ1) is 17.4. The monoisotopic (exact) mass is 275 g/mol. The molecule has 19 heavy (non-hydrogen) atoms. The number of esters is 2. The summed E-state index contributed by atoms with van der Waals surface area (Å²) < 4.78 is 9.34. The first-order valence-electron chi connectivity index (χ1n) is 6.04. The van der Waals surface area contributed by atoms with Gasteiger partial charge in [0.1, 0.15) is 0 Å². The largest absolute Gasteiger partial charge is 0.465 e. The summed E-state index contributed by atoms with van der Waals surface area (Å²) in [4.78, 5) is 40.0. The van der Waals surface area contributed by atoms with Crippen molar-refractivity contribution in [2.24, 2.45) is 5.92 Å². The van der Waals surface area contributed by atoms with E-state index >= 15 is 0 Å². The van der Waals surface area contributed by atoms with Gasteiger partial charge in [-0.2, -0.15) is 0 Å². The van der Waals surface area contributed by atoms with E-state index < -0.39 is 29.4 Å². The fourth-order valence-electron chi connectivity index (χ4n) is 1.02. The van der Waals surface area contributed by atoms with Crippen molar-refractivity contribution in [3.05, 3.63) is 0 Å². The number of nitrogens with one attached hydrogen (secondary N) is 1. The molecule has 0 fully saturated rings. The molecule has 0 aliphatic rings. The highest BCUT2D eigenvalue weighted by Gasteiger charge is 2.37. The van der Waals surface area contributed by atoms with E-state index in [1.165, 1.54) is 0 Å². The molecule has 0 spiro atoms. The average molecular weight is 275 g/mol. The van der Waals surface area contributed by atoms with Crippen LogP contribution in [0.25, 0.3) is 0 Å². The van der Waals surface area contributed by atoms with Gasteiger partial charge in [0.25, 0.3) is 5.91 Å². The molecule has 110 valence electrons. The number of hydrogen-bond donors (Lipinski definition) is 1. The predicted molar refractivity (Wildman–Crippen MR) is 65.7 cm³/mol. The van der Waals surface area contributed by atoms with Crippen molar-refractivity contribution in [1.29, 1.82) is 0 Å². The summed E-state index contributed by atoms with van der Waals surface area (Å²) in [5, 5.41) is 0. The quantitative estimate of drug-likeness (QED) is 0.433. The first-order valence-corrected chi connectivity index (χ1v) is 6.04. The minimum absolute atomic E-state index is 0.0577. The van der Waals surface area contributed by atoms with Crippen LogP contribution in [0.15, 0.2) is 0 Å². The van der Waals surface area contributed by atoms with E-state index in [0.29, 0.717) is 0 Å². The summed E-state index contributed by atoms with van der Waals surface area (Å²) in [7, 11) is 0. The van der Waals surface area contributed by atoms with Crippen molar-refractivity contribution >= 4 is 17.8 Å². The van der Waals surface area contributed by atoms with Crippen LogP contribution in [0, 0.1) is 5.92 Å². The number of ether oxygens (including phenoxy) is 2. The lowest BCUT2D eigenvalue weighted by atomic mass is 10.1. The van der Waals surface area contributed by atoms with Crippen LogP contribution in [-0.2, 0) is 28.7 Å². The molecule has 0 unspecified atom stereocenters. The van der Waals surface area contributed by atoms with Gasteiger partial charge in [0.2, 0.25) is 5.92 Å². The Morgan fingerprint density at radius 1 is 1.00 bits per heavy atom. The van der Waals surface area contributed by atoms with Crippen LogP contribution in [0.1, 0.15) is 34.6 Å². The predicted octanol–water partition coefficient (Wildman–Crippen LogP) is 0.575. The van der Waals surface area contributed by atoms with Crippen molar-refractivity contribution in [1.82, 2.24) is 5.48 Å². The molecule has 0 aromatic heterocycles. The van der Waals surface area contributed by atoms with Gasteiger partial charge < -0.3 is 9.47 Å². The van der Waals surface area contributed by atoms with Crippen LogP contribution in [0.4, 0.5) is 0 Å². The van der Waals surface area contributed by atoms with E-state index in [1.54, 1.807) is 34.6 Å². The topological polar surface area (TPSA) is 90.9 Å². The standard InChI is InChI=1S/C12H21NO6/c1-6-17-10(15)8(11(16)18-7-2)9(14)13-19-12(3,4)5/h8H,6-7H2,1-5H3,(H,13,14). The summed E-state index contributed by atoms with van der Waals surface area (Å²) in [6.45, 7) is 8.38. The Labute approximate surface area is 112 Å². The lowest BCUT2D eigenvalue weighted by Crippen LogP contribution is -2.44. The summed E-state index contributed by atoms with van der Waals surface area (Å²) in [6, 6.07) is 0. The number of carbonyl (C=O) groups excluding carboxylic acids is 3. The smallest absolute Gasteiger partial charge is 0.330 e. The lowest BCUT2D eigenvalue weighted by molar-refractivity contribution is -0.171. The number of hydrogen-bond acceptors (Lipinski definition) is 6. The summed E-state index contributed by atoms with van der Waals surface area (Å²) in [5.41, 5.74) is 1.41. The molecule has 7 heteroatoms. The van der Waals surface area contributed by atoms with E-state index in [9.17, 15) is 14.4 Å². The lowest BCUT2D eigenvalue weighted by Gasteiger charge is -2.21. The van der Waals surface area contributed by atoms with Crippen molar-refractivity contribution < 1.29 is 28.7 Å². The maximum absolute atomic E-state index is 11.8. The summed E-state index contributed by atoms with van der Waals surface area (Å²) >= 11 is 0. The second-order valence-corrected chi connectivity index (χ2v) is 4.62. The molecule has 0 heterocycles. The third-order valence-electron chi connectivity index (χ3n) is 1.76. The second-order valence-electron chi connectivity index (χ2n) is 4.62. The molecule has 0 saturated carbocycles. The fourth-order valence-corrected chi connectivity index (χ4v) is 1.02. The van der Waals surface area contributed by atoms with E-state index in [1.807, 2.05) is 0 Å². The molecule has 0 aromatic carbocycles. The molecule has 0 aromatic rings. The Morgan fingerprint density at radius 3 is 1.74 bits per heavy atom. The molecule has 0 aliphatic carbocycles. The van der Waals surface area contributed by atoms with Gasteiger partial charge >= 0.3 is 11.9 Å². The van der Waals surface area contributed by atoms with Crippen LogP contribution in [0.5, 0.6) is 0 Å². The van der Waals surface area contributed by atoms with E-state index in [2.05, 4.69) is 15.0 Å². The highest BCUT2D eigenvalue weighted by molar-refractivity contribution is 6.13. The maximum Gasteiger partial charge on any atom is 0.330 e. The molecule has 0 bridgehead atoms. The van der Waals surface area contributed by atoms with Gasteiger partial charge in [-0.3, -0.25) is 19.2 Å². The highest BCUT2D eigenvalue weighted by atomic mass is 16.7. The third-order valence-corrected chi connectivity index (χ3v) is 1.76. The van der Waals surface area contributed by atoms with Gasteiger partial charge in [0, 0.05) is 0 Å².